The summed E-state index contributed by atoms with van der Waals surface area (Å²) < 4.78 is 5.42. The van der Waals surface area contributed by atoms with E-state index in [4.69, 9.17) is 4.42 Å². The molecule has 0 saturated heterocycles. The van der Waals surface area contributed by atoms with Gasteiger partial charge in [-0.1, -0.05) is 13.0 Å². The van der Waals surface area contributed by atoms with Crippen molar-refractivity contribution < 1.29 is 9.21 Å². The van der Waals surface area contributed by atoms with E-state index in [1.807, 2.05) is 35.7 Å². The molecule has 0 atom stereocenters. The third-order valence-electron chi connectivity index (χ3n) is 3.41. The molecule has 3 aromatic rings. The van der Waals surface area contributed by atoms with Crippen LogP contribution in [0.4, 0.5) is 0 Å². The minimum absolute atomic E-state index is 0.0137. The van der Waals surface area contributed by atoms with Crippen LogP contribution in [0, 0.1) is 0 Å². The molecule has 0 bridgehead atoms. The topological polar surface area (TPSA) is 46.3 Å². The van der Waals surface area contributed by atoms with Gasteiger partial charge in [-0.2, -0.15) is 0 Å². The van der Waals surface area contributed by atoms with Crippen LogP contribution in [0.5, 0.6) is 0 Å². The van der Waals surface area contributed by atoms with Gasteiger partial charge in [-0.05, 0) is 41.5 Å². The number of pyridine rings is 1. The van der Waals surface area contributed by atoms with Crippen LogP contribution in [0.15, 0.2) is 63.7 Å². The van der Waals surface area contributed by atoms with E-state index in [0.29, 0.717) is 18.7 Å². The molecule has 3 heterocycles. The van der Waals surface area contributed by atoms with E-state index in [-0.39, 0.29) is 5.91 Å². The second-order valence-electron chi connectivity index (χ2n) is 5.14. The van der Waals surface area contributed by atoms with Crippen LogP contribution in [-0.4, -0.2) is 21.5 Å². The summed E-state index contributed by atoms with van der Waals surface area (Å²) in [5, 5.41) is 2.89. The Labute approximate surface area is 149 Å². The summed E-state index contributed by atoms with van der Waals surface area (Å²) in [4.78, 5) is 20.3. The Kier molecular flexibility index (Phi) is 5.72. The molecule has 0 aliphatic rings. The standard InChI is InChI=1S/C18H18N2O2S2/c1-2-23-17-11-14(7-8-19-17)18(21)20(12-15-5-3-9-22-15)13-16-6-4-10-24-16/h3-11H,2,12-13H2,1H3. The molecule has 0 aliphatic heterocycles. The number of thioether (sulfide) groups is 1. The maximum absolute atomic E-state index is 13.0. The van der Waals surface area contributed by atoms with E-state index in [0.717, 1.165) is 21.4 Å². The number of hydrogen-bond acceptors (Lipinski definition) is 5. The Morgan fingerprint density at radius 1 is 1.29 bits per heavy atom. The van der Waals surface area contributed by atoms with Crippen molar-refractivity contribution in [3.63, 3.8) is 0 Å². The number of amides is 1. The summed E-state index contributed by atoms with van der Waals surface area (Å²) in [6.45, 7) is 3.08. The van der Waals surface area contributed by atoms with Crippen molar-refractivity contribution in [3.8, 4) is 0 Å². The highest BCUT2D eigenvalue weighted by molar-refractivity contribution is 7.99. The van der Waals surface area contributed by atoms with Gasteiger partial charge in [0, 0.05) is 16.6 Å². The van der Waals surface area contributed by atoms with Gasteiger partial charge in [0.25, 0.3) is 5.91 Å². The molecule has 1 amide bonds. The Morgan fingerprint density at radius 2 is 2.21 bits per heavy atom. The van der Waals surface area contributed by atoms with Crippen molar-refractivity contribution in [2.24, 2.45) is 0 Å². The smallest absolute Gasteiger partial charge is 0.254 e. The Balaban J connectivity index is 1.83. The summed E-state index contributed by atoms with van der Waals surface area (Å²) in [5.41, 5.74) is 0.657. The van der Waals surface area contributed by atoms with Crippen molar-refractivity contribution in [2.45, 2.75) is 25.0 Å². The summed E-state index contributed by atoms with van der Waals surface area (Å²) in [6, 6.07) is 11.4. The van der Waals surface area contributed by atoms with E-state index >= 15 is 0 Å². The molecule has 0 radical (unpaired) electrons. The predicted molar refractivity (Wildman–Crippen MR) is 97.2 cm³/mol. The third-order valence-corrected chi connectivity index (χ3v) is 5.08. The summed E-state index contributed by atoms with van der Waals surface area (Å²) >= 11 is 3.28. The van der Waals surface area contributed by atoms with Crippen LogP contribution in [0.2, 0.25) is 0 Å². The summed E-state index contributed by atoms with van der Waals surface area (Å²) in [5.74, 6) is 1.69. The van der Waals surface area contributed by atoms with Gasteiger partial charge < -0.3 is 9.32 Å². The van der Waals surface area contributed by atoms with E-state index in [1.54, 1.807) is 46.5 Å². The highest BCUT2D eigenvalue weighted by Crippen LogP contribution is 2.20. The van der Waals surface area contributed by atoms with Gasteiger partial charge >= 0.3 is 0 Å². The molecule has 0 unspecified atom stereocenters. The Morgan fingerprint density at radius 3 is 2.92 bits per heavy atom. The zero-order valence-electron chi connectivity index (χ0n) is 13.3. The molecule has 3 rings (SSSR count). The van der Waals surface area contributed by atoms with Crippen LogP contribution < -0.4 is 0 Å². The van der Waals surface area contributed by atoms with Crippen molar-refractivity contribution in [3.05, 3.63) is 70.4 Å². The molecule has 0 aliphatic carbocycles. The van der Waals surface area contributed by atoms with Gasteiger partial charge in [-0.15, -0.1) is 23.1 Å². The second kappa shape index (κ2) is 8.17. The fourth-order valence-corrected chi connectivity index (χ4v) is 3.69. The molecule has 0 aromatic carbocycles. The molecule has 3 aromatic heterocycles. The lowest BCUT2D eigenvalue weighted by atomic mass is 10.2. The Hall–Kier alpha value is -2.05. The van der Waals surface area contributed by atoms with Crippen LogP contribution >= 0.6 is 23.1 Å². The maximum Gasteiger partial charge on any atom is 0.254 e. The SMILES string of the molecule is CCSc1cc(C(=O)N(Cc2ccco2)Cc2cccs2)ccn1. The van der Waals surface area contributed by atoms with Crippen LogP contribution in [0.25, 0.3) is 0 Å². The average molecular weight is 358 g/mol. The lowest BCUT2D eigenvalue weighted by Crippen LogP contribution is -2.29. The third kappa shape index (κ3) is 4.27. The normalized spacial score (nSPS) is 10.7. The summed E-state index contributed by atoms with van der Waals surface area (Å²) in [6.07, 6.45) is 3.33. The minimum Gasteiger partial charge on any atom is -0.467 e. The van der Waals surface area contributed by atoms with Gasteiger partial charge in [-0.25, -0.2) is 4.98 Å². The Bertz CT molecular complexity index is 734. The van der Waals surface area contributed by atoms with Crippen molar-refractivity contribution in [1.29, 1.82) is 0 Å². The van der Waals surface area contributed by atoms with Crippen LogP contribution in [0.1, 0.15) is 27.9 Å². The first-order valence-corrected chi connectivity index (χ1v) is 9.55. The minimum atomic E-state index is -0.0137. The molecule has 4 nitrogen and oxygen atoms in total. The number of carbonyl (C=O) groups excluding carboxylic acids is 1. The molecule has 6 heteroatoms. The van der Waals surface area contributed by atoms with Gasteiger partial charge in [0.15, 0.2) is 0 Å². The average Bonchev–Trinajstić information content (AvgIpc) is 3.28. The fourth-order valence-electron chi connectivity index (χ4n) is 2.33. The quantitative estimate of drug-likeness (QED) is 0.575. The van der Waals surface area contributed by atoms with E-state index in [9.17, 15) is 4.79 Å². The van der Waals surface area contributed by atoms with Gasteiger partial charge in [0.2, 0.25) is 0 Å². The largest absolute Gasteiger partial charge is 0.467 e. The number of rotatable bonds is 7. The van der Waals surface area contributed by atoms with Crippen molar-refractivity contribution in [1.82, 2.24) is 9.88 Å². The molecule has 124 valence electrons. The predicted octanol–water partition coefficient (Wildman–Crippen LogP) is 4.69. The molecule has 24 heavy (non-hydrogen) atoms. The number of carbonyl (C=O) groups is 1. The summed E-state index contributed by atoms with van der Waals surface area (Å²) in [7, 11) is 0. The zero-order chi connectivity index (χ0) is 16.8. The maximum atomic E-state index is 13.0. The van der Waals surface area contributed by atoms with E-state index < -0.39 is 0 Å². The molecule has 0 fully saturated rings. The fraction of sp³-hybridized carbons (Fsp3) is 0.222. The number of nitrogens with zero attached hydrogens (tertiary/aromatic N) is 2. The number of aromatic nitrogens is 1. The lowest BCUT2D eigenvalue weighted by molar-refractivity contribution is 0.0719. The first-order chi connectivity index (χ1) is 11.8. The van der Waals surface area contributed by atoms with Crippen LogP contribution in [-0.2, 0) is 13.1 Å². The number of hydrogen-bond donors (Lipinski definition) is 0. The molecular weight excluding hydrogens is 340 g/mol. The molecular formula is C18H18N2O2S2. The van der Waals surface area contributed by atoms with Gasteiger partial charge in [0.1, 0.15) is 5.76 Å². The highest BCUT2D eigenvalue weighted by Gasteiger charge is 2.19. The monoisotopic (exact) mass is 358 g/mol. The second-order valence-corrected chi connectivity index (χ2v) is 7.45. The van der Waals surface area contributed by atoms with E-state index in [1.165, 1.54) is 0 Å². The van der Waals surface area contributed by atoms with Gasteiger partial charge in [-0.3, -0.25) is 4.79 Å². The first kappa shape index (κ1) is 16.8. The van der Waals surface area contributed by atoms with Crippen molar-refractivity contribution >= 4 is 29.0 Å². The number of furan rings is 1. The first-order valence-electron chi connectivity index (χ1n) is 7.69. The van der Waals surface area contributed by atoms with Crippen molar-refractivity contribution in [2.75, 3.05) is 5.75 Å². The number of thiophene rings is 1. The van der Waals surface area contributed by atoms with Crippen LogP contribution in [0.3, 0.4) is 0 Å². The molecule has 0 spiro atoms. The molecule has 0 N–H and O–H groups in total. The lowest BCUT2D eigenvalue weighted by Gasteiger charge is -2.21. The van der Waals surface area contributed by atoms with Gasteiger partial charge in [0.05, 0.1) is 24.4 Å². The zero-order valence-corrected chi connectivity index (χ0v) is 15.0. The molecule has 0 saturated carbocycles. The highest BCUT2D eigenvalue weighted by atomic mass is 32.2. The van der Waals surface area contributed by atoms with E-state index in [2.05, 4.69) is 11.9 Å².